The number of H-pyrrole nitrogens is 1. The molecule has 1 saturated heterocycles. The lowest BCUT2D eigenvalue weighted by Crippen LogP contribution is -2.44. The Morgan fingerprint density at radius 2 is 2.03 bits per heavy atom. The van der Waals surface area contributed by atoms with E-state index in [4.69, 9.17) is 11.6 Å². The third-order valence-corrected chi connectivity index (χ3v) is 5.96. The molecule has 1 aromatic carbocycles. The van der Waals surface area contributed by atoms with Crippen molar-refractivity contribution >= 4 is 29.0 Å². The van der Waals surface area contributed by atoms with Crippen LogP contribution in [-0.2, 0) is 11.0 Å². The van der Waals surface area contributed by atoms with E-state index in [1.165, 1.54) is 31.0 Å². The Bertz CT molecular complexity index is 1170. The van der Waals surface area contributed by atoms with Gasteiger partial charge in [-0.1, -0.05) is 11.6 Å². The van der Waals surface area contributed by atoms with E-state index in [1.807, 2.05) is 0 Å². The second-order valence-corrected chi connectivity index (χ2v) is 8.33. The summed E-state index contributed by atoms with van der Waals surface area (Å²) >= 11 is 5.86. The van der Waals surface area contributed by atoms with Crippen LogP contribution in [0.1, 0.15) is 29.4 Å². The van der Waals surface area contributed by atoms with Crippen molar-refractivity contribution < 1.29 is 22.4 Å². The molecule has 3 aromatic rings. The molecule has 1 aliphatic rings. The number of amides is 1. The lowest BCUT2D eigenvalue weighted by molar-refractivity contribution is -0.137. The van der Waals surface area contributed by atoms with Crippen molar-refractivity contribution in [2.45, 2.75) is 31.5 Å². The van der Waals surface area contributed by atoms with Crippen LogP contribution in [0.4, 0.5) is 29.1 Å². The van der Waals surface area contributed by atoms with Crippen molar-refractivity contribution in [3.05, 3.63) is 70.6 Å². The third-order valence-electron chi connectivity index (χ3n) is 5.67. The van der Waals surface area contributed by atoms with Gasteiger partial charge in [-0.05, 0) is 43.7 Å². The lowest BCUT2D eigenvalue weighted by Gasteiger charge is -2.29. The highest BCUT2D eigenvalue weighted by Gasteiger charge is 2.42. The van der Waals surface area contributed by atoms with E-state index in [1.54, 1.807) is 17.3 Å². The molecule has 1 aliphatic heterocycles. The lowest BCUT2D eigenvalue weighted by atomic mass is 10.0. The minimum atomic E-state index is -4.55. The summed E-state index contributed by atoms with van der Waals surface area (Å²) in [6, 6.07) is 4.99. The molecule has 6 nitrogen and oxygen atoms in total. The Kier molecular flexibility index (Phi) is 6.04. The van der Waals surface area contributed by atoms with Gasteiger partial charge in [0.1, 0.15) is 23.5 Å². The quantitative estimate of drug-likeness (QED) is 0.535. The van der Waals surface area contributed by atoms with E-state index in [2.05, 4.69) is 15.0 Å². The number of anilines is 2. The second kappa shape index (κ2) is 8.66. The number of aryl methyl sites for hydroxylation is 1. The monoisotopic (exact) mass is 481 g/mol. The summed E-state index contributed by atoms with van der Waals surface area (Å²) in [7, 11) is 1.51. The molecule has 0 unspecified atom stereocenters. The van der Waals surface area contributed by atoms with Gasteiger partial charge in [0, 0.05) is 43.3 Å². The van der Waals surface area contributed by atoms with Gasteiger partial charge in [0.15, 0.2) is 0 Å². The van der Waals surface area contributed by atoms with Crippen molar-refractivity contribution in [2.75, 3.05) is 23.4 Å². The predicted octanol–water partition coefficient (Wildman–Crippen LogP) is 4.95. The number of hydrogen-bond donors (Lipinski definition) is 1. The molecule has 1 amide bonds. The largest absolute Gasteiger partial charge is 0.416 e. The highest BCUT2D eigenvalue weighted by atomic mass is 35.5. The summed E-state index contributed by atoms with van der Waals surface area (Å²) in [4.78, 5) is 27.9. The van der Waals surface area contributed by atoms with Gasteiger partial charge in [0.2, 0.25) is 5.91 Å². The topological polar surface area (TPSA) is 65.1 Å². The summed E-state index contributed by atoms with van der Waals surface area (Å²) in [5.74, 6) is -0.545. The first-order valence-corrected chi connectivity index (χ1v) is 10.5. The van der Waals surface area contributed by atoms with Crippen LogP contribution >= 0.6 is 11.6 Å². The molecule has 11 heteroatoms. The molecule has 4 rings (SSSR count). The SMILES string of the molecule is Cc1cc(C(F)(F)F)cc(N2C[C@@H](c3ncc[nH]3)C[C@H]2C(=O)N(C)c2ccc(F)c(Cl)c2)n1. The van der Waals surface area contributed by atoms with Crippen LogP contribution in [0, 0.1) is 12.7 Å². The van der Waals surface area contributed by atoms with Crippen LogP contribution in [0.5, 0.6) is 0 Å². The van der Waals surface area contributed by atoms with Crippen LogP contribution in [0.2, 0.25) is 5.02 Å². The van der Waals surface area contributed by atoms with E-state index in [0.29, 0.717) is 17.9 Å². The molecule has 1 fully saturated rings. The fourth-order valence-electron chi connectivity index (χ4n) is 4.03. The predicted molar refractivity (Wildman–Crippen MR) is 116 cm³/mol. The molecule has 0 saturated carbocycles. The number of benzene rings is 1. The molecule has 2 aromatic heterocycles. The average Bonchev–Trinajstić information content (AvgIpc) is 3.43. The number of carbonyl (C=O) groups excluding carboxylic acids is 1. The Labute approximate surface area is 192 Å². The Hall–Kier alpha value is -3.14. The third kappa shape index (κ3) is 4.66. The summed E-state index contributed by atoms with van der Waals surface area (Å²) in [5, 5.41) is -0.140. The Morgan fingerprint density at radius 1 is 1.27 bits per heavy atom. The molecular formula is C22H20ClF4N5O. The van der Waals surface area contributed by atoms with Gasteiger partial charge in [-0.2, -0.15) is 13.2 Å². The molecule has 0 aliphatic carbocycles. The number of hydrogen-bond acceptors (Lipinski definition) is 4. The number of likely N-dealkylation sites (N-methyl/N-ethyl adjacent to an activating group) is 1. The van der Waals surface area contributed by atoms with Gasteiger partial charge in [0.25, 0.3) is 0 Å². The van der Waals surface area contributed by atoms with Gasteiger partial charge < -0.3 is 14.8 Å². The van der Waals surface area contributed by atoms with Crippen molar-refractivity contribution in [3.63, 3.8) is 0 Å². The minimum absolute atomic E-state index is 0.0558. The van der Waals surface area contributed by atoms with E-state index in [9.17, 15) is 22.4 Å². The standard InChI is InChI=1S/C22H20ClF4N5O/c1-12-7-14(22(25,26)27)9-19(30-12)32-11-13(20-28-5-6-29-20)8-18(32)21(33)31(2)15-3-4-17(24)16(23)10-15/h3-7,9-10,13,18H,8,11H2,1-2H3,(H,28,29)/t13-,18-/m0/s1. The Morgan fingerprint density at radius 3 is 2.67 bits per heavy atom. The van der Waals surface area contributed by atoms with Gasteiger partial charge >= 0.3 is 6.18 Å². The molecular weight excluding hydrogens is 462 g/mol. The second-order valence-electron chi connectivity index (χ2n) is 7.92. The molecule has 0 bridgehead atoms. The molecule has 0 spiro atoms. The van der Waals surface area contributed by atoms with Crippen LogP contribution in [0.3, 0.4) is 0 Å². The molecule has 1 N–H and O–H groups in total. The number of aromatic amines is 1. The highest BCUT2D eigenvalue weighted by Crippen LogP contribution is 2.37. The van der Waals surface area contributed by atoms with Crippen molar-refractivity contribution in [3.8, 4) is 0 Å². The zero-order valence-electron chi connectivity index (χ0n) is 17.7. The number of aromatic nitrogens is 3. The van der Waals surface area contributed by atoms with Gasteiger partial charge in [-0.25, -0.2) is 14.4 Å². The fraction of sp³-hybridized carbons (Fsp3) is 0.318. The number of rotatable bonds is 4. The van der Waals surface area contributed by atoms with Crippen LogP contribution in [0.15, 0.2) is 42.7 Å². The number of alkyl halides is 3. The molecule has 33 heavy (non-hydrogen) atoms. The average molecular weight is 482 g/mol. The first-order valence-electron chi connectivity index (χ1n) is 10.1. The number of nitrogens with zero attached hydrogens (tertiary/aromatic N) is 4. The maximum atomic E-state index is 13.6. The Balaban J connectivity index is 1.71. The van der Waals surface area contributed by atoms with Crippen LogP contribution < -0.4 is 9.80 Å². The van der Waals surface area contributed by atoms with Crippen LogP contribution in [0.25, 0.3) is 0 Å². The first kappa shape index (κ1) is 23.0. The van der Waals surface area contributed by atoms with E-state index in [-0.39, 0.29) is 34.9 Å². The van der Waals surface area contributed by atoms with Gasteiger partial charge in [0.05, 0.1) is 10.6 Å². The van der Waals surface area contributed by atoms with E-state index < -0.39 is 23.6 Å². The van der Waals surface area contributed by atoms with Crippen LogP contribution in [-0.4, -0.2) is 40.5 Å². The van der Waals surface area contributed by atoms with Gasteiger partial charge in [-0.15, -0.1) is 0 Å². The zero-order valence-corrected chi connectivity index (χ0v) is 18.5. The number of pyridine rings is 1. The van der Waals surface area contributed by atoms with Crippen molar-refractivity contribution in [2.24, 2.45) is 0 Å². The smallest absolute Gasteiger partial charge is 0.348 e. The minimum Gasteiger partial charge on any atom is -0.348 e. The van der Waals surface area contributed by atoms with E-state index in [0.717, 1.165) is 18.2 Å². The molecule has 2 atom stereocenters. The highest BCUT2D eigenvalue weighted by molar-refractivity contribution is 6.31. The molecule has 174 valence electrons. The molecule has 3 heterocycles. The maximum absolute atomic E-state index is 13.6. The summed E-state index contributed by atoms with van der Waals surface area (Å²) in [6.07, 6.45) is -1.02. The van der Waals surface area contributed by atoms with Gasteiger partial charge in [-0.3, -0.25) is 4.79 Å². The zero-order chi connectivity index (χ0) is 23.9. The number of nitrogens with one attached hydrogen (secondary N) is 1. The van der Waals surface area contributed by atoms with E-state index >= 15 is 0 Å². The summed E-state index contributed by atoms with van der Waals surface area (Å²) < 4.78 is 53.9. The number of carbonyl (C=O) groups is 1. The molecule has 0 radical (unpaired) electrons. The summed E-state index contributed by atoms with van der Waals surface area (Å²) in [6.45, 7) is 1.72. The number of imidazole rings is 1. The first-order chi connectivity index (χ1) is 15.5. The normalized spacial score (nSPS) is 18.6. The number of halogens is 5. The fourth-order valence-corrected chi connectivity index (χ4v) is 4.20. The van der Waals surface area contributed by atoms with Crippen molar-refractivity contribution in [1.29, 1.82) is 0 Å². The maximum Gasteiger partial charge on any atom is 0.416 e. The van der Waals surface area contributed by atoms with Crippen molar-refractivity contribution in [1.82, 2.24) is 15.0 Å². The summed E-state index contributed by atoms with van der Waals surface area (Å²) in [5.41, 5.74) is -0.288.